The summed E-state index contributed by atoms with van der Waals surface area (Å²) in [4.78, 5) is 37.3. The highest BCUT2D eigenvalue weighted by molar-refractivity contribution is 5.70. The number of aliphatic carboxylic acids is 1. The second-order valence-corrected chi connectivity index (χ2v) is 23.1. The zero-order chi connectivity index (χ0) is 53.4. The van der Waals surface area contributed by atoms with Crippen LogP contribution < -0.4 is 5.11 Å². The molecule has 2 atom stereocenters. The zero-order valence-corrected chi connectivity index (χ0v) is 49.3. The molecule has 0 aromatic rings. The molecule has 0 aromatic carbocycles. The Labute approximate surface area is 453 Å². The van der Waals surface area contributed by atoms with Crippen LogP contribution in [0.1, 0.15) is 322 Å². The van der Waals surface area contributed by atoms with E-state index in [2.05, 4.69) is 26.0 Å². The van der Waals surface area contributed by atoms with E-state index in [0.717, 1.165) is 38.5 Å². The van der Waals surface area contributed by atoms with E-state index in [1.807, 2.05) is 21.1 Å². The predicted octanol–water partition coefficient (Wildman–Crippen LogP) is 17.6. The predicted molar refractivity (Wildman–Crippen MR) is 307 cm³/mol. The van der Waals surface area contributed by atoms with E-state index in [1.165, 1.54) is 257 Å². The van der Waals surface area contributed by atoms with Gasteiger partial charge in [-0.05, 0) is 38.5 Å². The number of esters is 2. The lowest BCUT2D eigenvalue weighted by molar-refractivity contribution is -0.870. The van der Waals surface area contributed by atoms with Crippen LogP contribution in [-0.4, -0.2) is 82.3 Å². The lowest BCUT2D eigenvalue weighted by Gasteiger charge is -2.26. The molecular weight excluding hydrogens is 911 g/mol. The highest BCUT2D eigenvalue weighted by Crippen LogP contribution is 2.18. The van der Waals surface area contributed by atoms with Crippen LogP contribution in [0.5, 0.6) is 0 Å². The van der Waals surface area contributed by atoms with Gasteiger partial charge in [-0.3, -0.25) is 9.59 Å². The average Bonchev–Trinajstić information content (AvgIpc) is 3.36. The van der Waals surface area contributed by atoms with E-state index < -0.39 is 24.3 Å². The van der Waals surface area contributed by atoms with Gasteiger partial charge in [-0.1, -0.05) is 283 Å². The van der Waals surface area contributed by atoms with Crippen LogP contribution in [0.2, 0.25) is 0 Å². The van der Waals surface area contributed by atoms with Crippen molar-refractivity contribution in [3.05, 3.63) is 12.2 Å². The molecule has 0 aliphatic heterocycles. The van der Waals surface area contributed by atoms with Gasteiger partial charge in [0.05, 0.1) is 40.3 Å². The van der Waals surface area contributed by atoms with Gasteiger partial charge in [0.1, 0.15) is 13.2 Å². The van der Waals surface area contributed by atoms with E-state index in [1.54, 1.807) is 0 Å². The smallest absolute Gasteiger partial charge is 0.306 e. The first-order valence-corrected chi connectivity index (χ1v) is 31.8. The normalized spacial score (nSPS) is 12.7. The molecule has 0 heterocycles. The number of unbranched alkanes of at least 4 members (excludes halogenated alkanes) is 43. The standard InChI is InChI=1S/C64H123NO8/c1-6-8-10-12-14-16-18-20-22-24-25-26-27-28-29-30-31-32-33-34-35-36-37-39-41-43-45-47-49-51-53-55-62(67)73-60(59-72-64(63(68)69)70-57-56-65(3,4)5)58-71-61(66)54-52-50-48-46-44-42-40-38-23-21-19-17-15-13-11-9-7-2/h24-25,60,64H,6-23,26-59H2,1-5H3/b25-24-. The highest BCUT2D eigenvalue weighted by Gasteiger charge is 2.22. The third-order valence-electron chi connectivity index (χ3n) is 14.5. The van der Waals surface area contributed by atoms with Crippen molar-refractivity contribution in [2.45, 2.75) is 334 Å². The molecule has 0 amide bonds. The molecule has 0 N–H and O–H groups in total. The number of allylic oxidation sites excluding steroid dienone is 2. The number of hydrogen-bond acceptors (Lipinski definition) is 8. The summed E-state index contributed by atoms with van der Waals surface area (Å²) < 4.78 is 22.8. The summed E-state index contributed by atoms with van der Waals surface area (Å²) in [5.74, 6) is -2.25. The topological polar surface area (TPSA) is 111 Å². The SMILES string of the molecule is CCCCCCCCCC/C=C\CCCCCCCCCCCCCCCCCCCCCC(=O)OC(COC(=O)CCCCCCCCCCCCCCCCCCC)COC(OCC[N+](C)(C)C)C(=O)[O-]. The van der Waals surface area contributed by atoms with Gasteiger partial charge in [-0.2, -0.15) is 0 Å². The molecule has 0 spiro atoms. The van der Waals surface area contributed by atoms with E-state index >= 15 is 0 Å². The minimum absolute atomic E-state index is 0.152. The van der Waals surface area contributed by atoms with Gasteiger partial charge in [0.15, 0.2) is 12.4 Å². The number of carbonyl (C=O) groups excluding carboxylic acids is 3. The fraction of sp³-hybridized carbons (Fsp3) is 0.922. The van der Waals surface area contributed by atoms with Crippen LogP contribution in [0.15, 0.2) is 12.2 Å². The Bertz CT molecular complexity index is 1200. The number of likely N-dealkylation sites (N-methyl/N-ethyl adjacent to an activating group) is 1. The molecule has 0 aliphatic rings. The summed E-state index contributed by atoms with van der Waals surface area (Å²) in [5.41, 5.74) is 0. The Kier molecular flexibility index (Phi) is 54.7. The highest BCUT2D eigenvalue weighted by atomic mass is 16.7. The maximum atomic E-state index is 12.9. The van der Waals surface area contributed by atoms with Crippen LogP contribution in [-0.2, 0) is 33.3 Å². The van der Waals surface area contributed by atoms with Gasteiger partial charge in [-0.15, -0.1) is 0 Å². The Morgan fingerprint density at radius 2 is 0.699 bits per heavy atom. The molecule has 0 aliphatic carbocycles. The molecule has 0 fully saturated rings. The zero-order valence-electron chi connectivity index (χ0n) is 49.3. The van der Waals surface area contributed by atoms with Crippen molar-refractivity contribution in [2.75, 3.05) is 47.5 Å². The van der Waals surface area contributed by atoms with Gasteiger partial charge in [-0.25, -0.2) is 0 Å². The van der Waals surface area contributed by atoms with Crippen molar-refractivity contribution in [1.29, 1.82) is 0 Å². The number of quaternary nitrogens is 1. The molecule has 432 valence electrons. The van der Waals surface area contributed by atoms with Crippen LogP contribution in [0.4, 0.5) is 0 Å². The fourth-order valence-electron chi connectivity index (χ4n) is 9.59. The lowest BCUT2D eigenvalue weighted by atomic mass is 10.0. The molecule has 0 saturated carbocycles. The average molecular weight is 1030 g/mol. The number of carboxylic acids is 1. The number of ether oxygens (including phenoxy) is 4. The molecule has 2 unspecified atom stereocenters. The number of carbonyl (C=O) groups is 3. The summed E-state index contributed by atoms with van der Waals surface area (Å²) in [5, 5.41) is 11.8. The molecule has 9 heteroatoms. The molecule has 0 rings (SSSR count). The second kappa shape index (κ2) is 56.2. The molecule has 0 aromatic heterocycles. The number of rotatable bonds is 60. The van der Waals surface area contributed by atoms with Gasteiger partial charge in [0.25, 0.3) is 0 Å². The summed E-state index contributed by atoms with van der Waals surface area (Å²) in [6.07, 6.45) is 62.8. The van der Waals surface area contributed by atoms with Crippen LogP contribution in [0, 0.1) is 0 Å². The lowest BCUT2D eigenvalue weighted by Crippen LogP contribution is -2.44. The molecular formula is C64H123NO8. The van der Waals surface area contributed by atoms with Gasteiger partial charge in [0, 0.05) is 12.8 Å². The van der Waals surface area contributed by atoms with Crippen molar-refractivity contribution >= 4 is 17.9 Å². The quantitative estimate of drug-likeness (QED) is 0.0195. The summed E-state index contributed by atoms with van der Waals surface area (Å²) >= 11 is 0. The Morgan fingerprint density at radius 1 is 0.397 bits per heavy atom. The largest absolute Gasteiger partial charge is 0.545 e. The Hall–Kier alpha value is -1.97. The van der Waals surface area contributed by atoms with Crippen molar-refractivity contribution in [1.82, 2.24) is 0 Å². The van der Waals surface area contributed by atoms with Crippen LogP contribution >= 0.6 is 0 Å². The van der Waals surface area contributed by atoms with Crippen LogP contribution in [0.25, 0.3) is 0 Å². The molecule has 9 nitrogen and oxygen atoms in total. The second-order valence-electron chi connectivity index (χ2n) is 23.1. The number of nitrogens with zero attached hydrogens (tertiary/aromatic N) is 1. The van der Waals surface area contributed by atoms with Crippen molar-refractivity contribution in [3.63, 3.8) is 0 Å². The van der Waals surface area contributed by atoms with Gasteiger partial charge in [0.2, 0.25) is 0 Å². The minimum Gasteiger partial charge on any atom is -0.545 e. The van der Waals surface area contributed by atoms with Crippen molar-refractivity contribution in [2.24, 2.45) is 0 Å². The third kappa shape index (κ3) is 57.6. The van der Waals surface area contributed by atoms with E-state index in [0.29, 0.717) is 17.4 Å². The Balaban J connectivity index is 4.07. The molecule has 0 bridgehead atoms. The first-order valence-electron chi connectivity index (χ1n) is 31.8. The first-order chi connectivity index (χ1) is 35.6. The molecule has 0 saturated heterocycles. The van der Waals surface area contributed by atoms with Crippen molar-refractivity contribution in [3.8, 4) is 0 Å². The van der Waals surface area contributed by atoms with E-state index in [-0.39, 0.29) is 32.2 Å². The van der Waals surface area contributed by atoms with E-state index in [4.69, 9.17) is 18.9 Å². The first kappa shape index (κ1) is 71.0. The summed E-state index contributed by atoms with van der Waals surface area (Å²) in [6, 6.07) is 0. The number of hydrogen-bond donors (Lipinski definition) is 0. The van der Waals surface area contributed by atoms with Crippen LogP contribution in [0.3, 0.4) is 0 Å². The van der Waals surface area contributed by atoms with E-state index in [9.17, 15) is 19.5 Å². The van der Waals surface area contributed by atoms with Gasteiger partial charge >= 0.3 is 11.9 Å². The third-order valence-corrected chi connectivity index (χ3v) is 14.5. The summed E-state index contributed by atoms with van der Waals surface area (Å²) in [7, 11) is 5.94. The maximum absolute atomic E-state index is 12.9. The molecule has 73 heavy (non-hydrogen) atoms. The fourth-order valence-corrected chi connectivity index (χ4v) is 9.59. The Morgan fingerprint density at radius 3 is 1.01 bits per heavy atom. The minimum atomic E-state index is -1.62. The number of carboxylic acid groups (broad SMARTS) is 1. The van der Waals surface area contributed by atoms with Crippen molar-refractivity contribution < 1.29 is 42.9 Å². The monoisotopic (exact) mass is 1030 g/mol. The summed E-state index contributed by atoms with van der Waals surface area (Å²) in [6.45, 7) is 4.81. The molecule has 0 radical (unpaired) electrons. The van der Waals surface area contributed by atoms with Gasteiger partial charge < -0.3 is 33.3 Å². The maximum Gasteiger partial charge on any atom is 0.306 e.